The van der Waals surface area contributed by atoms with Gasteiger partial charge in [0.05, 0.1) is 6.04 Å². The monoisotopic (exact) mass is 299 g/mol. The van der Waals surface area contributed by atoms with Gasteiger partial charge < -0.3 is 5.32 Å². The maximum atomic E-state index is 6.09. The second kappa shape index (κ2) is 6.07. The van der Waals surface area contributed by atoms with Crippen LogP contribution in [0.15, 0.2) is 29.6 Å². The van der Waals surface area contributed by atoms with Crippen molar-refractivity contribution in [3.05, 3.63) is 55.7 Å². The van der Waals surface area contributed by atoms with Gasteiger partial charge in [-0.25, -0.2) is 0 Å². The summed E-state index contributed by atoms with van der Waals surface area (Å²) in [5, 5.41) is 6.95. The second-order valence-electron chi connectivity index (χ2n) is 4.16. The fourth-order valence-electron chi connectivity index (χ4n) is 1.99. The van der Waals surface area contributed by atoms with Crippen molar-refractivity contribution in [2.24, 2.45) is 0 Å². The van der Waals surface area contributed by atoms with Crippen LogP contribution in [0.5, 0.6) is 0 Å². The lowest BCUT2D eigenvalue weighted by atomic mass is 10.0. The SMILES string of the molecule is CCNC(c1cc(Cl)cc(Cl)c1)c1sccc1C. The third-order valence-corrected chi connectivity index (χ3v) is 4.31. The first kappa shape index (κ1) is 13.9. The van der Waals surface area contributed by atoms with E-state index >= 15 is 0 Å². The average Bonchev–Trinajstić information content (AvgIpc) is 2.71. The van der Waals surface area contributed by atoms with Crippen LogP contribution >= 0.6 is 34.5 Å². The summed E-state index contributed by atoms with van der Waals surface area (Å²) in [5.74, 6) is 0. The highest BCUT2D eigenvalue weighted by Crippen LogP contribution is 2.32. The molecule has 0 spiro atoms. The smallest absolute Gasteiger partial charge is 0.0674 e. The molecule has 0 aliphatic rings. The quantitative estimate of drug-likeness (QED) is 0.832. The summed E-state index contributed by atoms with van der Waals surface area (Å²) in [5.41, 5.74) is 2.40. The molecule has 96 valence electrons. The van der Waals surface area contributed by atoms with Crippen molar-refractivity contribution >= 4 is 34.5 Å². The fraction of sp³-hybridized carbons (Fsp3) is 0.286. The molecule has 2 aromatic rings. The summed E-state index contributed by atoms with van der Waals surface area (Å²) in [6.45, 7) is 5.12. The van der Waals surface area contributed by atoms with E-state index < -0.39 is 0 Å². The molecule has 18 heavy (non-hydrogen) atoms. The predicted molar refractivity (Wildman–Crippen MR) is 81.0 cm³/mol. The van der Waals surface area contributed by atoms with Gasteiger partial charge in [-0.2, -0.15) is 0 Å². The number of hydrogen-bond donors (Lipinski definition) is 1. The first-order valence-corrected chi connectivity index (χ1v) is 7.48. The molecule has 0 aliphatic carbocycles. The van der Waals surface area contributed by atoms with Crippen LogP contribution in [0.25, 0.3) is 0 Å². The van der Waals surface area contributed by atoms with E-state index in [2.05, 4.69) is 30.6 Å². The first-order valence-electron chi connectivity index (χ1n) is 5.85. The lowest BCUT2D eigenvalue weighted by molar-refractivity contribution is 0.637. The van der Waals surface area contributed by atoms with Gasteiger partial charge in [-0.1, -0.05) is 30.1 Å². The normalized spacial score (nSPS) is 12.7. The topological polar surface area (TPSA) is 12.0 Å². The maximum absolute atomic E-state index is 6.09. The minimum absolute atomic E-state index is 0.159. The molecule has 1 unspecified atom stereocenters. The maximum Gasteiger partial charge on any atom is 0.0674 e. The van der Waals surface area contributed by atoms with Gasteiger partial charge in [0.25, 0.3) is 0 Å². The predicted octanol–water partition coefficient (Wildman–Crippen LogP) is 5.06. The van der Waals surface area contributed by atoms with Gasteiger partial charge in [0.1, 0.15) is 0 Å². The Morgan fingerprint density at radius 1 is 1.22 bits per heavy atom. The molecular weight excluding hydrogens is 285 g/mol. The molecule has 1 heterocycles. The van der Waals surface area contributed by atoms with E-state index in [1.807, 2.05) is 12.1 Å². The van der Waals surface area contributed by atoms with E-state index in [0.717, 1.165) is 12.1 Å². The lowest BCUT2D eigenvalue weighted by Gasteiger charge is -2.19. The summed E-state index contributed by atoms with van der Waals surface area (Å²) in [6.07, 6.45) is 0. The Balaban J connectivity index is 2.44. The molecule has 1 N–H and O–H groups in total. The highest BCUT2D eigenvalue weighted by Gasteiger charge is 2.17. The van der Waals surface area contributed by atoms with Gasteiger partial charge >= 0.3 is 0 Å². The molecular formula is C14H15Cl2NS. The van der Waals surface area contributed by atoms with Crippen LogP contribution < -0.4 is 5.32 Å². The number of aryl methyl sites for hydroxylation is 1. The van der Waals surface area contributed by atoms with Crippen LogP contribution in [0.3, 0.4) is 0 Å². The summed E-state index contributed by atoms with van der Waals surface area (Å²) >= 11 is 13.9. The molecule has 0 radical (unpaired) electrons. The zero-order valence-electron chi connectivity index (χ0n) is 10.3. The van der Waals surface area contributed by atoms with Crippen molar-refractivity contribution in [2.75, 3.05) is 6.54 Å². The molecule has 2 rings (SSSR count). The molecule has 0 fully saturated rings. The Kier molecular flexibility index (Phi) is 4.68. The molecule has 1 atom stereocenters. The largest absolute Gasteiger partial charge is 0.306 e. The number of hydrogen-bond acceptors (Lipinski definition) is 2. The zero-order valence-corrected chi connectivity index (χ0v) is 12.7. The van der Waals surface area contributed by atoms with Gasteiger partial charge in [-0.15, -0.1) is 11.3 Å². The summed E-state index contributed by atoms with van der Waals surface area (Å²) < 4.78 is 0. The lowest BCUT2D eigenvalue weighted by Crippen LogP contribution is -2.21. The Labute approximate surface area is 122 Å². The number of benzene rings is 1. The number of rotatable bonds is 4. The van der Waals surface area contributed by atoms with Crippen LogP contribution in [0.2, 0.25) is 10.0 Å². The Bertz CT molecular complexity index is 516. The van der Waals surface area contributed by atoms with Crippen LogP contribution in [0.1, 0.15) is 29.0 Å². The molecule has 4 heteroatoms. The molecule has 0 amide bonds. The summed E-state index contributed by atoms with van der Waals surface area (Å²) in [6, 6.07) is 8.00. The third kappa shape index (κ3) is 3.07. The average molecular weight is 300 g/mol. The van der Waals surface area contributed by atoms with Gasteiger partial charge in [-0.05, 0) is 54.2 Å². The van der Waals surface area contributed by atoms with Gasteiger partial charge in [-0.3, -0.25) is 0 Å². The molecule has 0 aliphatic heterocycles. The second-order valence-corrected chi connectivity index (χ2v) is 5.98. The van der Waals surface area contributed by atoms with Gasteiger partial charge in [0.15, 0.2) is 0 Å². The highest BCUT2D eigenvalue weighted by molar-refractivity contribution is 7.10. The molecule has 1 aromatic carbocycles. The number of nitrogens with one attached hydrogen (secondary N) is 1. The van der Waals surface area contributed by atoms with E-state index in [9.17, 15) is 0 Å². The summed E-state index contributed by atoms with van der Waals surface area (Å²) in [4.78, 5) is 1.31. The van der Waals surface area contributed by atoms with E-state index in [-0.39, 0.29) is 6.04 Å². The molecule has 0 saturated carbocycles. The van der Waals surface area contributed by atoms with Crippen molar-refractivity contribution in [3.63, 3.8) is 0 Å². The van der Waals surface area contributed by atoms with Crippen molar-refractivity contribution in [1.82, 2.24) is 5.32 Å². The first-order chi connectivity index (χ1) is 8.61. The molecule has 1 aromatic heterocycles. The Morgan fingerprint density at radius 2 is 1.89 bits per heavy atom. The number of thiophene rings is 1. The van der Waals surface area contributed by atoms with Crippen LogP contribution in [-0.4, -0.2) is 6.54 Å². The van der Waals surface area contributed by atoms with Gasteiger partial charge in [0, 0.05) is 14.9 Å². The third-order valence-electron chi connectivity index (χ3n) is 2.79. The fourth-order valence-corrected chi connectivity index (χ4v) is 3.56. The van der Waals surface area contributed by atoms with Crippen molar-refractivity contribution < 1.29 is 0 Å². The molecule has 0 saturated heterocycles. The Hall–Kier alpha value is -0.540. The highest BCUT2D eigenvalue weighted by atomic mass is 35.5. The summed E-state index contributed by atoms with van der Waals surface area (Å²) in [7, 11) is 0. The minimum atomic E-state index is 0.159. The van der Waals surface area contributed by atoms with Crippen LogP contribution in [0, 0.1) is 6.92 Å². The van der Waals surface area contributed by atoms with Crippen molar-refractivity contribution in [3.8, 4) is 0 Å². The molecule has 0 bridgehead atoms. The van der Waals surface area contributed by atoms with Crippen LogP contribution in [0.4, 0.5) is 0 Å². The van der Waals surface area contributed by atoms with E-state index in [1.54, 1.807) is 17.4 Å². The van der Waals surface area contributed by atoms with Crippen molar-refractivity contribution in [2.45, 2.75) is 19.9 Å². The van der Waals surface area contributed by atoms with Crippen molar-refractivity contribution in [1.29, 1.82) is 0 Å². The number of halogens is 2. The van der Waals surface area contributed by atoms with E-state index in [4.69, 9.17) is 23.2 Å². The van der Waals surface area contributed by atoms with Crippen LogP contribution in [-0.2, 0) is 0 Å². The van der Waals surface area contributed by atoms with E-state index in [0.29, 0.717) is 10.0 Å². The minimum Gasteiger partial charge on any atom is -0.306 e. The zero-order chi connectivity index (χ0) is 13.1. The van der Waals surface area contributed by atoms with E-state index in [1.165, 1.54) is 10.4 Å². The Morgan fingerprint density at radius 3 is 2.39 bits per heavy atom. The standard InChI is InChI=1S/C14H15Cl2NS/c1-3-17-13(14-9(2)4-5-18-14)10-6-11(15)8-12(16)7-10/h4-8,13,17H,3H2,1-2H3. The van der Waals surface area contributed by atoms with Gasteiger partial charge in [0.2, 0.25) is 0 Å². The molecule has 1 nitrogen and oxygen atoms in total.